The van der Waals surface area contributed by atoms with E-state index < -0.39 is 11.3 Å². The van der Waals surface area contributed by atoms with Gasteiger partial charge in [-0.25, -0.2) is 4.79 Å². The minimum Gasteiger partial charge on any atom is -0.444 e. The summed E-state index contributed by atoms with van der Waals surface area (Å²) >= 11 is 0. The summed E-state index contributed by atoms with van der Waals surface area (Å²) in [5.41, 5.74) is -0.953. The molecule has 7 heteroatoms. The van der Waals surface area contributed by atoms with Crippen molar-refractivity contribution in [2.45, 2.75) is 108 Å². The summed E-state index contributed by atoms with van der Waals surface area (Å²) in [5, 5.41) is 8.31. The molecular formula is C23H36N4O3. The third kappa shape index (κ3) is 5.74. The Bertz CT molecular complexity index is 700. The molecule has 3 rings (SSSR count). The van der Waals surface area contributed by atoms with Crippen LogP contribution >= 0.6 is 0 Å². The zero-order valence-electron chi connectivity index (χ0n) is 18.7. The molecule has 0 saturated carbocycles. The van der Waals surface area contributed by atoms with Crippen LogP contribution in [0.1, 0.15) is 85.0 Å². The lowest BCUT2D eigenvalue weighted by atomic mass is 9.88. The van der Waals surface area contributed by atoms with Crippen LogP contribution in [0, 0.1) is 12.3 Å². The molecule has 0 radical (unpaired) electrons. The number of hydrogen-bond donors (Lipinski definition) is 0. The maximum absolute atomic E-state index is 13.2. The molecule has 2 unspecified atom stereocenters. The number of ether oxygens (including phenoxy) is 1. The van der Waals surface area contributed by atoms with Gasteiger partial charge in [0.2, 0.25) is 5.91 Å². The molecule has 0 spiro atoms. The zero-order valence-corrected chi connectivity index (χ0v) is 18.7. The van der Waals surface area contributed by atoms with Gasteiger partial charge in [0.05, 0.1) is 12.1 Å². The van der Waals surface area contributed by atoms with Gasteiger partial charge in [-0.05, 0) is 59.3 Å². The highest BCUT2D eigenvalue weighted by Gasteiger charge is 2.43. The van der Waals surface area contributed by atoms with Crippen LogP contribution in [0.15, 0.2) is 10.2 Å². The number of hydrogen-bond acceptors (Lipinski definition) is 5. The van der Waals surface area contributed by atoms with E-state index in [0.717, 1.165) is 51.5 Å². The average Bonchev–Trinajstić information content (AvgIpc) is 3.49. The van der Waals surface area contributed by atoms with Crippen LogP contribution in [-0.4, -0.2) is 58.2 Å². The highest BCUT2D eigenvalue weighted by atomic mass is 16.6. The fourth-order valence-electron chi connectivity index (χ4n) is 4.69. The first-order chi connectivity index (χ1) is 14.2. The van der Waals surface area contributed by atoms with E-state index in [-0.39, 0.29) is 24.1 Å². The largest absolute Gasteiger partial charge is 0.444 e. The number of likely N-dealkylation sites (tertiary alicyclic amines) is 2. The van der Waals surface area contributed by atoms with E-state index in [0.29, 0.717) is 25.8 Å². The van der Waals surface area contributed by atoms with Crippen molar-refractivity contribution in [3.8, 4) is 12.3 Å². The van der Waals surface area contributed by atoms with Crippen LogP contribution in [0.25, 0.3) is 0 Å². The summed E-state index contributed by atoms with van der Waals surface area (Å²) in [6.07, 6.45) is 13.5. The van der Waals surface area contributed by atoms with Gasteiger partial charge in [0.15, 0.2) is 5.66 Å². The van der Waals surface area contributed by atoms with Gasteiger partial charge in [-0.2, -0.15) is 10.2 Å². The first kappa shape index (κ1) is 22.6. The van der Waals surface area contributed by atoms with Crippen molar-refractivity contribution in [2.75, 3.05) is 13.1 Å². The summed E-state index contributed by atoms with van der Waals surface area (Å²) in [4.78, 5) is 29.9. The van der Waals surface area contributed by atoms with Crippen LogP contribution < -0.4 is 0 Å². The fourth-order valence-corrected chi connectivity index (χ4v) is 4.69. The highest BCUT2D eigenvalue weighted by Crippen LogP contribution is 2.38. The van der Waals surface area contributed by atoms with E-state index in [4.69, 9.17) is 11.2 Å². The molecule has 0 aliphatic carbocycles. The molecule has 0 aromatic rings. The summed E-state index contributed by atoms with van der Waals surface area (Å²) in [6.45, 7) is 7.14. The smallest absolute Gasteiger partial charge is 0.410 e. The zero-order chi connectivity index (χ0) is 21.8. The van der Waals surface area contributed by atoms with E-state index in [1.165, 1.54) is 0 Å². The molecule has 3 aliphatic rings. The SMILES string of the molecule is C#CCCC1(CCC(=O)N2CCCCC2C2CCCCN2C(=O)OC(C)(C)C)N=N1. The summed E-state index contributed by atoms with van der Waals surface area (Å²) in [7, 11) is 0. The normalized spacial score (nSPS) is 25.5. The maximum Gasteiger partial charge on any atom is 0.410 e. The molecule has 3 aliphatic heterocycles. The molecule has 2 fully saturated rings. The maximum atomic E-state index is 13.2. The average molecular weight is 417 g/mol. The predicted molar refractivity (Wildman–Crippen MR) is 115 cm³/mol. The van der Waals surface area contributed by atoms with E-state index >= 15 is 0 Å². The molecule has 0 aromatic heterocycles. The Hall–Kier alpha value is -2.10. The van der Waals surface area contributed by atoms with Gasteiger partial charge in [-0.15, -0.1) is 12.3 Å². The lowest BCUT2D eigenvalue weighted by molar-refractivity contribution is -0.137. The van der Waals surface area contributed by atoms with E-state index in [9.17, 15) is 9.59 Å². The number of terminal acetylenes is 1. The minimum absolute atomic E-state index is 0.0311. The molecule has 3 heterocycles. The van der Waals surface area contributed by atoms with Crippen LogP contribution in [0.3, 0.4) is 0 Å². The molecule has 166 valence electrons. The standard InChI is InChI=1S/C23H36N4O3/c1-5-6-14-23(24-25-23)15-13-20(28)26-16-9-7-11-18(26)19-12-8-10-17-27(19)21(29)30-22(2,3)4/h1,18-19H,6-17H2,2-4H3. The molecule has 0 N–H and O–H groups in total. The lowest BCUT2D eigenvalue weighted by Crippen LogP contribution is -2.58. The van der Waals surface area contributed by atoms with Gasteiger partial charge in [-0.1, -0.05) is 0 Å². The number of carbonyl (C=O) groups is 2. The number of rotatable bonds is 6. The van der Waals surface area contributed by atoms with Crippen molar-refractivity contribution in [3.63, 3.8) is 0 Å². The Morgan fingerprint density at radius 1 is 1.03 bits per heavy atom. The van der Waals surface area contributed by atoms with Crippen LogP contribution in [0.4, 0.5) is 4.79 Å². The number of carbonyl (C=O) groups excluding carboxylic acids is 2. The predicted octanol–water partition coefficient (Wildman–Crippen LogP) is 4.51. The molecular weight excluding hydrogens is 380 g/mol. The van der Waals surface area contributed by atoms with Gasteiger partial charge in [0, 0.05) is 38.8 Å². The molecule has 7 nitrogen and oxygen atoms in total. The van der Waals surface area contributed by atoms with E-state index in [2.05, 4.69) is 16.1 Å². The second-order valence-electron chi connectivity index (χ2n) is 9.77. The minimum atomic E-state index is -0.523. The molecule has 0 bridgehead atoms. The van der Waals surface area contributed by atoms with Crippen LogP contribution in [0.2, 0.25) is 0 Å². The van der Waals surface area contributed by atoms with Gasteiger partial charge in [0.25, 0.3) is 0 Å². The Morgan fingerprint density at radius 2 is 1.63 bits per heavy atom. The van der Waals surface area contributed by atoms with Crippen molar-refractivity contribution < 1.29 is 14.3 Å². The quantitative estimate of drug-likeness (QED) is 0.598. The van der Waals surface area contributed by atoms with Crippen molar-refractivity contribution in [1.29, 1.82) is 0 Å². The van der Waals surface area contributed by atoms with Gasteiger partial charge < -0.3 is 14.5 Å². The van der Waals surface area contributed by atoms with Crippen molar-refractivity contribution >= 4 is 12.0 Å². The van der Waals surface area contributed by atoms with Crippen LogP contribution in [-0.2, 0) is 9.53 Å². The Kier molecular flexibility index (Phi) is 7.05. The third-order valence-corrected chi connectivity index (χ3v) is 6.28. The monoisotopic (exact) mass is 416 g/mol. The first-order valence-corrected chi connectivity index (χ1v) is 11.4. The van der Waals surface area contributed by atoms with E-state index in [1.807, 2.05) is 30.6 Å². The van der Waals surface area contributed by atoms with Crippen molar-refractivity contribution in [2.24, 2.45) is 10.2 Å². The van der Waals surface area contributed by atoms with Gasteiger partial charge in [-0.3, -0.25) is 4.79 Å². The topological polar surface area (TPSA) is 74.6 Å². The highest BCUT2D eigenvalue weighted by molar-refractivity contribution is 5.77. The number of amides is 2. The van der Waals surface area contributed by atoms with Crippen molar-refractivity contribution in [1.82, 2.24) is 9.80 Å². The second-order valence-corrected chi connectivity index (χ2v) is 9.77. The summed E-state index contributed by atoms with van der Waals surface area (Å²) < 4.78 is 5.67. The Balaban J connectivity index is 1.65. The molecule has 2 atom stereocenters. The number of nitrogens with zero attached hydrogens (tertiary/aromatic N) is 4. The summed E-state index contributed by atoms with van der Waals surface area (Å²) in [6, 6.07) is 0.0948. The summed E-state index contributed by atoms with van der Waals surface area (Å²) in [5.74, 6) is 2.78. The Labute approximate surface area is 180 Å². The lowest BCUT2D eigenvalue weighted by Gasteiger charge is -2.46. The molecule has 2 saturated heterocycles. The molecule has 0 aromatic carbocycles. The molecule has 2 amide bonds. The first-order valence-electron chi connectivity index (χ1n) is 11.4. The molecule has 30 heavy (non-hydrogen) atoms. The third-order valence-electron chi connectivity index (χ3n) is 6.28. The Morgan fingerprint density at radius 3 is 2.20 bits per heavy atom. The van der Waals surface area contributed by atoms with Gasteiger partial charge in [0.1, 0.15) is 5.60 Å². The van der Waals surface area contributed by atoms with Gasteiger partial charge >= 0.3 is 6.09 Å². The van der Waals surface area contributed by atoms with E-state index in [1.54, 1.807) is 0 Å². The fraction of sp³-hybridized carbons (Fsp3) is 0.826. The number of piperidine rings is 2. The van der Waals surface area contributed by atoms with Crippen LogP contribution in [0.5, 0.6) is 0 Å². The second kappa shape index (κ2) is 9.36. The van der Waals surface area contributed by atoms with Crippen molar-refractivity contribution in [3.05, 3.63) is 0 Å².